The minimum absolute atomic E-state index is 0.221. The van der Waals surface area contributed by atoms with Gasteiger partial charge in [-0.25, -0.2) is 4.79 Å². The van der Waals surface area contributed by atoms with Crippen molar-refractivity contribution >= 4 is 11.7 Å². The van der Waals surface area contributed by atoms with Crippen LogP contribution in [0.4, 0.5) is 10.5 Å². The van der Waals surface area contributed by atoms with E-state index in [1.165, 1.54) is 0 Å². The third kappa shape index (κ3) is 5.89. The number of carbonyl (C=O) groups excluding carboxylic acids is 1. The highest BCUT2D eigenvalue weighted by Crippen LogP contribution is 2.23. The fourth-order valence-corrected chi connectivity index (χ4v) is 1.81. The number of nitrogens with zero attached hydrogens (tertiary/aromatic N) is 1. The van der Waals surface area contributed by atoms with Gasteiger partial charge >= 0.3 is 6.03 Å². The average molecular weight is 325 g/mol. The summed E-state index contributed by atoms with van der Waals surface area (Å²) in [6.45, 7) is 2.88. The second-order valence-electron chi connectivity index (χ2n) is 4.57. The van der Waals surface area contributed by atoms with Crippen LogP contribution in [0.1, 0.15) is 6.92 Å². The summed E-state index contributed by atoms with van der Waals surface area (Å²) in [5.41, 5.74) is 0.615. The van der Waals surface area contributed by atoms with E-state index in [4.69, 9.17) is 9.47 Å². The predicted octanol–water partition coefficient (Wildman–Crippen LogP) is 2.68. The van der Waals surface area contributed by atoms with Crippen molar-refractivity contribution in [2.24, 2.45) is 0 Å². The molecule has 0 radical (unpaired) electrons. The summed E-state index contributed by atoms with van der Waals surface area (Å²) in [6.07, 6.45) is 3.29. The highest BCUT2D eigenvalue weighted by Gasteiger charge is 2.05. The third-order valence-corrected chi connectivity index (χ3v) is 2.84. The summed E-state index contributed by atoms with van der Waals surface area (Å²) < 4.78 is 10.8. The van der Waals surface area contributed by atoms with Gasteiger partial charge in [-0.3, -0.25) is 4.98 Å². The lowest BCUT2D eigenvalue weighted by Gasteiger charge is -2.11. The molecule has 0 aliphatic rings. The Morgan fingerprint density at radius 1 is 1.17 bits per heavy atom. The molecule has 0 unspecified atom stereocenters. The maximum absolute atomic E-state index is 11.8. The second kappa shape index (κ2) is 9.74. The molecule has 1 aromatic carbocycles. The number of hydrogen-bond donors (Lipinski definition) is 2. The lowest BCUT2D eigenvalue weighted by atomic mass is 10.3. The average Bonchev–Trinajstić information content (AvgIpc) is 2.61. The van der Waals surface area contributed by atoms with Gasteiger partial charge in [0, 0.05) is 6.20 Å². The van der Waals surface area contributed by atoms with Gasteiger partial charge in [-0.05, 0) is 31.2 Å². The molecular formula is C18H19N3O3. The van der Waals surface area contributed by atoms with Crippen molar-refractivity contribution in [3.63, 3.8) is 0 Å². The zero-order valence-corrected chi connectivity index (χ0v) is 13.4. The van der Waals surface area contributed by atoms with Crippen molar-refractivity contribution in [1.29, 1.82) is 0 Å². The van der Waals surface area contributed by atoms with Crippen molar-refractivity contribution in [3.8, 4) is 23.3 Å². The minimum Gasteiger partial charge on any atom is -0.492 e. The van der Waals surface area contributed by atoms with Gasteiger partial charge in [0.15, 0.2) is 0 Å². The van der Waals surface area contributed by atoms with Gasteiger partial charge < -0.3 is 20.1 Å². The summed E-state index contributed by atoms with van der Waals surface area (Å²) in [7, 11) is 0. The standard InChI is InChI=1S/C18H19N3O3/c1-2-23-17-10-4-3-9-16(17)21-18(22)20-12-5-6-13-24-15-8-7-11-19-14-15/h3-4,7-11,14H,2,12-13H2,1H3,(H2,20,21,22). The summed E-state index contributed by atoms with van der Waals surface area (Å²) >= 11 is 0. The van der Waals surface area contributed by atoms with Crippen molar-refractivity contribution < 1.29 is 14.3 Å². The number of nitrogens with one attached hydrogen (secondary N) is 2. The first kappa shape index (κ1) is 17.2. The van der Waals surface area contributed by atoms with Gasteiger partial charge in [-0.15, -0.1) is 0 Å². The molecule has 124 valence electrons. The van der Waals surface area contributed by atoms with Crippen LogP contribution in [0.15, 0.2) is 48.8 Å². The topological polar surface area (TPSA) is 72.5 Å². The first-order valence-electron chi connectivity index (χ1n) is 7.55. The molecule has 6 nitrogen and oxygen atoms in total. The zero-order valence-electron chi connectivity index (χ0n) is 13.4. The van der Waals surface area contributed by atoms with Crippen LogP contribution in [0.25, 0.3) is 0 Å². The summed E-state index contributed by atoms with van der Waals surface area (Å²) in [4.78, 5) is 15.8. The zero-order chi connectivity index (χ0) is 17.0. The number of pyridine rings is 1. The Morgan fingerprint density at radius 3 is 2.83 bits per heavy atom. The maximum atomic E-state index is 11.8. The molecule has 2 aromatic rings. The molecule has 1 heterocycles. The number of rotatable bonds is 6. The lowest BCUT2D eigenvalue weighted by molar-refractivity contribution is 0.253. The molecule has 6 heteroatoms. The van der Waals surface area contributed by atoms with Gasteiger partial charge in [-0.2, -0.15) is 0 Å². The smallest absolute Gasteiger partial charge is 0.320 e. The molecule has 0 aliphatic heterocycles. The highest BCUT2D eigenvalue weighted by atomic mass is 16.5. The number of carbonyl (C=O) groups is 1. The molecule has 0 bridgehead atoms. The number of urea groups is 1. The van der Waals surface area contributed by atoms with E-state index < -0.39 is 0 Å². The summed E-state index contributed by atoms with van der Waals surface area (Å²) in [5, 5.41) is 5.38. The lowest BCUT2D eigenvalue weighted by Crippen LogP contribution is -2.29. The number of para-hydroxylation sites is 2. The number of amides is 2. The Morgan fingerprint density at radius 2 is 2.04 bits per heavy atom. The Bertz CT molecular complexity index is 708. The quantitative estimate of drug-likeness (QED) is 0.801. The van der Waals surface area contributed by atoms with Crippen LogP contribution in [0.2, 0.25) is 0 Å². The molecule has 0 saturated carbocycles. The van der Waals surface area contributed by atoms with Crippen molar-refractivity contribution in [1.82, 2.24) is 10.3 Å². The molecule has 24 heavy (non-hydrogen) atoms. The Hall–Kier alpha value is -3.20. The van der Waals surface area contributed by atoms with Gasteiger partial charge in [0.25, 0.3) is 0 Å². The number of ether oxygens (including phenoxy) is 2. The van der Waals surface area contributed by atoms with Crippen molar-refractivity contribution in [3.05, 3.63) is 48.8 Å². The van der Waals surface area contributed by atoms with Crippen molar-refractivity contribution in [2.75, 3.05) is 25.1 Å². The van der Waals surface area contributed by atoms with Crippen molar-refractivity contribution in [2.45, 2.75) is 6.92 Å². The van der Waals surface area contributed by atoms with Crippen LogP contribution in [0, 0.1) is 11.8 Å². The van der Waals surface area contributed by atoms with E-state index in [1.807, 2.05) is 19.1 Å². The van der Waals surface area contributed by atoms with Crippen LogP contribution in [0.5, 0.6) is 11.5 Å². The predicted molar refractivity (Wildman–Crippen MR) is 92.1 cm³/mol. The monoisotopic (exact) mass is 325 g/mol. The first-order chi connectivity index (χ1) is 11.8. The minimum atomic E-state index is -0.343. The van der Waals surface area contributed by atoms with Gasteiger partial charge in [0.1, 0.15) is 18.1 Å². The third-order valence-electron chi connectivity index (χ3n) is 2.84. The van der Waals surface area contributed by atoms with E-state index in [-0.39, 0.29) is 19.2 Å². The Balaban J connectivity index is 1.71. The van der Waals surface area contributed by atoms with E-state index in [9.17, 15) is 4.79 Å². The molecule has 2 N–H and O–H groups in total. The van der Waals surface area contributed by atoms with Gasteiger partial charge in [0.05, 0.1) is 25.0 Å². The second-order valence-corrected chi connectivity index (χ2v) is 4.57. The van der Waals surface area contributed by atoms with E-state index in [1.54, 1.807) is 36.7 Å². The summed E-state index contributed by atoms with van der Waals surface area (Å²) in [5.74, 6) is 6.92. The largest absolute Gasteiger partial charge is 0.492 e. The molecule has 0 spiro atoms. The fraction of sp³-hybridized carbons (Fsp3) is 0.222. The van der Waals surface area contributed by atoms with Gasteiger partial charge in [0.2, 0.25) is 0 Å². The van der Waals surface area contributed by atoms with Crippen LogP contribution >= 0.6 is 0 Å². The van der Waals surface area contributed by atoms with Crippen LogP contribution in [0.3, 0.4) is 0 Å². The highest BCUT2D eigenvalue weighted by molar-refractivity contribution is 5.91. The van der Waals surface area contributed by atoms with E-state index in [0.29, 0.717) is 23.8 Å². The fourth-order valence-electron chi connectivity index (χ4n) is 1.81. The number of hydrogen-bond acceptors (Lipinski definition) is 4. The van der Waals surface area contributed by atoms with E-state index >= 15 is 0 Å². The number of anilines is 1. The van der Waals surface area contributed by atoms with Crippen LogP contribution in [-0.2, 0) is 0 Å². The molecule has 2 rings (SSSR count). The summed E-state index contributed by atoms with van der Waals surface area (Å²) in [6, 6.07) is 10.5. The Labute approximate surface area is 141 Å². The molecule has 2 amide bonds. The molecule has 0 fully saturated rings. The normalized spacial score (nSPS) is 9.38. The van der Waals surface area contributed by atoms with Crippen LogP contribution < -0.4 is 20.1 Å². The Kier molecular flexibility index (Phi) is 6.97. The molecular weight excluding hydrogens is 306 g/mol. The molecule has 0 saturated heterocycles. The van der Waals surface area contributed by atoms with E-state index in [0.717, 1.165) is 0 Å². The number of benzene rings is 1. The van der Waals surface area contributed by atoms with E-state index in [2.05, 4.69) is 27.5 Å². The SMILES string of the molecule is CCOc1ccccc1NC(=O)NCC#CCOc1cccnc1. The maximum Gasteiger partial charge on any atom is 0.320 e. The van der Waals surface area contributed by atoms with Crippen LogP contribution in [-0.4, -0.2) is 30.8 Å². The molecule has 0 aliphatic carbocycles. The number of aromatic nitrogens is 1. The first-order valence-corrected chi connectivity index (χ1v) is 7.55. The molecule has 1 aromatic heterocycles. The molecule has 0 atom stereocenters. The van der Waals surface area contributed by atoms with Gasteiger partial charge in [-0.1, -0.05) is 24.0 Å².